The minimum absolute atomic E-state index is 0.301. The number of aromatic nitrogens is 2. The maximum absolute atomic E-state index is 10.1. The first-order valence-corrected chi connectivity index (χ1v) is 8.22. The van der Waals surface area contributed by atoms with Gasteiger partial charge in [-0.05, 0) is 24.7 Å². The van der Waals surface area contributed by atoms with E-state index in [4.69, 9.17) is 0 Å². The summed E-state index contributed by atoms with van der Waals surface area (Å²) < 4.78 is 0. The molecule has 2 saturated heterocycles. The van der Waals surface area contributed by atoms with Gasteiger partial charge < -0.3 is 20.0 Å². The summed E-state index contributed by atoms with van der Waals surface area (Å²) in [6, 6.07) is 1.98. The van der Waals surface area contributed by atoms with E-state index >= 15 is 0 Å². The van der Waals surface area contributed by atoms with Gasteiger partial charge in [-0.1, -0.05) is 13.8 Å². The van der Waals surface area contributed by atoms with Crippen LogP contribution < -0.4 is 9.80 Å². The van der Waals surface area contributed by atoms with Gasteiger partial charge in [0.05, 0.1) is 12.2 Å². The molecule has 1 aromatic rings. The molecule has 0 amide bonds. The van der Waals surface area contributed by atoms with Crippen molar-refractivity contribution in [2.24, 2.45) is 11.8 Å². The number of anilines is 2. The molecule has 0 aliphatic carbocycles. The molecule has 2 aliphatic heterocycles. The van der Waals surface area contributed by atoms with E-state index in [9.17, 15) is 10.2 Å². The molecule has 4 atom stereocenters. The Morgan fingerprint density at radius 1 is 0.909 bits per heavy atom. The van der Waals surface area contributed by atoms with Crippen molar-refractivity contribution in [2.45, 2.75) is 38.9 Å². The van der Waals surface area contributed by atoms with Crippen LogP contribution in [0.2, 0.25) is 0 Å². The quantitative estimate of drug-likeness (QED) is 0.845. The van der Waals surface area contributed by atoms with Crippen LogP contribution in [0, 0.1) is 11.8 Å². The summed E-state index contributed by atoms with van der Waals surface area (Å²) in [4.78, 5) is 13.0. The second kappa shape index (κ2) is 6.38. The Bertz CT molecular complexity index is 471. The van der Waals surface area contributed by atoms with E-state index in [2.05, 4.69) is 33.6 Å². The molecule has 122 valence electrons. The van der Waals surface area contributed by atoms with Crippen molar-refractivity contribution in [3.63, 3.8) is 0 Å². The summed E-state index contributed by atoms with van der Waals surface area (Å²) in [7, 11) is 0. The lowest BCUT2D eigenvalue weighted by molar-refractivity contribution is 0.102. The highest BCUT2D eigenvalue weighted by Gasteiger charge is 2.27. The monoisotopic (exact) mass is 306 g/mol. The van der Waals surface area contributed by atoms with Crippen LogP contribution in [0.3, 0.4) is 0 Å². The van der Waals surface area contributed by atoms with Crippen molar-refractivity contribution in [1.82, 2.24) is 9.97 Å². The lowest BCUT2D eigenvalue weighted by Gasteiger charge is -2.37. The number of aliphatic hydroxyl groups excluding tert-OH is 2. The van der Waals surface area contributed by atoms with Gasteiger partial charge in [0.1, 0.15) is 18.0 Å². The molecular weight excluding hydrogens is 280 g/mol. The molecule has 0 aromatic carbocycles. The van der Waals surface area contributed by atoms with Crippen LogP contribution in [0.1, 0.15) is 26.7 Å². The molecule has 0 spiro atoms. The first-order chi connectivity index (χ1) is 10.5. The SMILES string of the molecule is C[C@@H]1CCN(c2cc(N3CC[C@H](C)[C@H](O)C3)ncn2)C[C@H]1O. The van der Waals surface area contributed by atoms with Gasteiger partial charge in [0.15, 0.2) is 0 Å². The second-order valence-electron chi connectivity index (χ2n) is 6.79. The molecule has 2 fully saturated rings. The average molecular weight is 306 g/mol. The highest BCUT2D eigenvalue weighted by Crippen LogP contribution is 2.26. The fourth-order valence-corrected chi connectivity index (χ4v) is 3.20. The summed E-state index contributed by atoms with van der Waals surface area (Å²) in [6.45, 7) is 7.24. The van der Waals surface area contributed by atoms with E-state index in [0.717, 1.165) is 37.6 Å². The van der Waals surface area contributed by atoms with Crippen molar-refractivity contribution in [2.75, 3.05) is 36.0 Å². The molecule has 2 N–H and O–H groups in total. The van der Waals surface area contributed by atoms with Crippen LogP contribution in [0.25, 0.3) is 0 Å². The van der Waals surface area contributed by atoms with Gasteiger partial charge in [-0.3, -0.25) is 0 Å². The molecular formula is C16H26N4O2. The van der Waals surface area contributed by atoms with Gasteiger partial charge in [0.25, 0.3) is 0 Å². The maximum atomic E-state index is 10.1. The molecule has 22 heavy (non-hydrogen) atoms. The third-order valence-electron chi connectivity index (χ3n) is 5.12. The van der Waals surface area contributed by atoms with Crippen LogP contribution in [-0.4, -0.2) is 58.6 Å². The van der Waals surface area contributed by atoms with Crippen molar-refractivity contribution < 1.29 is 10.2 Å². The first kappa shape index (κ1) is 15.5. The standard InChI is InChI=1S/C16H26N4O2/c1-11-3-5-19(8-13(11)21)15-7-16(18-10-17-15)20-6-4-12(2)14(22)9-20/h7,10-14,21-22H,3-6,8-9H2,1-2H3/t11-,12+,13-,14-/m1/s1. The number of aliphatic hydroxyl groups is 2. The first-order valence-electron chi connectivity index (χ1n) is 8.22. The number of hydrogen-bond donors (Lipinski definition) is 2. The molecule has 3 rings (SSSR count). The highest BCUT2D eigenvalue weighted by atomic mass is 16.3. The summed E-state index contributed by atoms with van der Waals surface area (Å²) >= 11 is 0. The van der Waals surface area contributed by atoms with Crippen molar-refractivity contribution >= 4 is 11.6 Å². The molecule has 0 saturated carbocycles. The summed E-state index contributed by atoms with van der Waals surface area (Å²) in [5.74, 6) is 2.42. The summed E-state index contributed by atoms with van der Waals surface area (Å²) in [6.07, 6.45) is 2.93. The van der Waals surface area contributed by atoms with Gasteiger partial charge in [-0.25, -0.2) is 9.97 Å². The van der Waals surface area contributed by atoms with Crippen LogP contribution >= 0.6 is 0 Å². The zero-order valence-electron chi connectivity index (χ0n) is 13.4. The highest BCUT2D eigenvalue weighted by molar-refractivity contribution is 5.50. The zero-order chi connectivity index (χ0) is 15.7. The van der Waals surface area contributed by atoms with Crippen LogP contribution in [0.4, 0.5) is 11.6 Å². The topological polar surface area (TPSA) is 72.7 Å². The molecule has 2 aliphatic rings. The molecule has 1 aromatic heterocycles. The van der Waals surface area contributed by atoms with Gasteiger partial charge >= 0.3 is 0 Å². The van der Waals surface area contributed by atoms with E-state index in [-0.39, 0.29) is 12.2 Å². The zero-order valence-corrected chi connectivity index (χ0v) is 13.4. The number of nitrogens with zero attached hydrogens (tertiary/aromatic N) is 4. The Morgan fingerprint density at radius 3 is 1.77 bits per heavy atom. The minimum Gasteiger partial charge on any atom is -0.391 e. The van der Waals surface area contributed by atoms with E-state index in [1.807, 2.05) is 6.07 Å². The molecule has 6 heteroatoms. The Balaban J connectivity index is 1.73. The lowest BCUT2D eigenvalue weighted by Crippen LogP contribution is -2.44. The van der Waals surface area contributed by atoms with Crippen molar-refractivity contribution in [1.29, 1.82) is 0 Å². The van der Waals surface area contributed by atoms with Crippen LogP contribution in [0.5, 0.6) is 0 Å². The van der Waals surface area contributed by atoms with Gasteiger partial charge in [0.2, 0.25) is 0 Å². The summed E-state index contributed by atoms with van der Waals surface area (Å²) in [5, 5.41) is 20.1. The molecule has 3 heterocycles. The maximum Gasteiger partial charge on any atom is 0.134 e. The van der Waals surface area contributed by atoms with Crippen molar-refractivity contribution in [3.8, 4) is 0 Å². The average Bonchev–Trinajstić information content (AvgIpc) is 2.53. The number of β-amino-alcohol motifs (C(OH)–C–C–N with tert-alkyl or cyclic N) is 2. The van der Waals surface area contributed by atoms with E-state index in [1.54, 1.807) is 6.33 Å². The van der Waals surface area contributed by atoms with Crippen LogP contribution in [-0.2, 0) is 0 Å². The Hall–Kier alpha value is -1.40. The minimum atomic E-state index is -0.301. The fourth-order valence-electron chi connectivity index (χ4n) is 3.20. The smallest absolute Gasteiger partial charge is 0.134 e. The van der Waals surface area contributed by atoms with Crippen molar-refractivity contribution in [3.05, 3.63) is 12.4 Å². The molecule has 6 nitrogen and oxygen atoms in total. The molecule has 0 bridgehead atoms. The van der Waals surface area contributed by atoms with E-state index in [1.165, 1.54) is 0 Å². The lowest BCUT2D eigenvalue weighted by atomic mass is 9.96. The van der Waals surface area contributed by atoms with Gasteiger partial charge in [-0.15, -0.1) is 0 Å². The third kappa shape index (κ3) is 3.17. The predicted molar refractivity (Wildman–Crippen MR) is 86.0 cm³/mol. The Labute approximate surface area is 131 Å². The Morgan fingerprint density at radius 2 is 1.36 bits per heavy atom. The van der Waals surface area contributed by atoms with Gasteiger partial charge in [-0.2, -0.15) is 0 Å². The largest absolute Gasteiger partial charge is 0.391 e. The molecule has 0 radical (unpaired) electrons. The number of hydrogen-bond acceptors (Lipinski definition) is 6. The van der Waals surface area contributed by atoms with Crippen LogP contribution in [0.15, 0.2) is 12.4 Å². The Kier molecular flexibility index (Phi) is 4.49. The van der Waals surface area contributed by atoms with E-state index in [0.29, 0.717) is 24.9 Å². The normalized spacial score (nSPS) is 33.1. The van der Waals surface area contributed by atoms with Gasteiger partial charge in [0, 0.05) is 32.2 Å². The second-order valence-corrected chi connectivity index (χ2v) is 6.79. The summed E-state index contributed by atoms with van der Waals surface area (Å²) in [5.41, 5.74) is 0. The number of piperidine rings is 2. The predicted octanol–water partition coefficient (Wildman–Crippen LogP) is 0.891. The molecule has 0 unspecified atom stereocenters. The van der Waals surface area contributed by atoms with E-state index < -0.39 is 0 Å². The number of rotatable bonds is 2. The fraction of sp³-hybridized carbons (Fsp3) is 0.750. The third-order valence-corrected chi connectivity index (χ3v) is 5.12.